The molecule has 1 fully saturated rings. The third kappa shape index (κ3) is 4.76. The number of piperazine rings is 1. The standard InChI is InChI=1S/C21H26N2O3S/c1-17-8-9-20(16-18(17)2)21(24)22-11-13-23(14-12-22)27(25,26)15-10-19-6-4-3-5-7-19/h3-9,16H,10-15H2,1-2H3. The molecule has 0 bridgehead atoms. The zero-order chi connectivity index (χ0) is 19.4. The number of sulfonamides is 1. The van der Waals surface area contributed by atoms with Crippen molar-refractivity contribution < 1.29 is 13.2 Å². The molecule has 1 aliphatic rings. The average Bonchev–Trinajstić information content (AvgIpc) is 2.69. The molecule has 0 saturated carbocycles. The zero-order valence-corrected chi connectivity index (χ0v) is 16.7. The Morgan fingerprint density at radius 1 is 0.926 bits per heavy atom. The van der Waals surface area contributed by atoms with Gasteiger partial charge in [-0.15, -0.1) is 0 Å². The van der Waals surface area contributed by atoms with Gasteiger partial charge in [0.25, 0.3) is 5.91 Å². The molecule has 3 rings (SSSR count). The van der Waals surface area contributed by atoms with E-state index in [0.29, 0.717) is 38.2 Å². The molecular weight excluding hydrogens is 360 g/mol. The molecule has 1 saturated heterocycles. The largest absolute Gasteiger partial charge is 0.336 e. The van der Waals surface area contributed by atoms with E-state index in [-0.39, 0.29) is 11.7 Å². The van der Waals surface area contributed by atoms with Crippen molar-refractivity contribution in [2.45, 2.75) is 20.3 Å². The summed E-state index contributed by atoms with van der Waals surface area (Å²) in [4.78, 5) is 14.4. The number of amides is 1. The van der Waals surface area contributed by atoms with Crippen LogP contribution in [0.5, 0.6) is 0 Å². The first-order valence-electron chi connectivity index (χ1n) is 9.25. The molecule has 0 radical (unpaired) electrons. The Kier molecular flexibility index (Phi) is 5.97. The van der Waals surface area contributed by atoms with Gasteiger partial charge in [0.1, 0.15) is 0 Å². The highest BCUT2D eigenvalue weighted by molar-refractivity contribution is 7.89. The molecule has 1 amide bonds. The Hall–Kier alpha value is -2.18. The first-order valence-corrected chi connectivity index (χ1v) is 10.9. The van der Waals surface area contributed by atoms with Crippen LogP contribution in [0.3, 0.4) is 0 Å². The van der Waals surface area contributed by atoms with Crippen LogP contribution in [-0.2, 0) is 16.4 Å². The molecule has 2 aromatic carbocycles. The van der Waals surface area contributed by atoms with Crippen LogP contribution in [0.15, 0.2) is 48.5 Å². The van der Waals surface area contributed by atoms with Crippen LogP contribution in [0.1, 0.15) is 27.0 Å². The van der Waals surface area contributed by atoms with Gasteiger partial charge in [0, 0.05) is 31.7 Å². The maximum atomic E-state index is 12.7. The summed E-state index contributed by atoms with van der Waals surface area (Å²) in [6.07, 6.45) is 0.505. The molecule has 6 heteroatoms. The van der Waals surface area contributed by atoms with Gasteiger partial charge in [0.2, 0.25) is 10.0 Å². The lowest BCUT2D eigenvalue weighted by Gasteiger charge is -2.34. The molecule has 5 nitrogen and oxygen atoms in total. The third-order valence-corrected chi connectivity index (χ3v) is 7.04. The highest BCUT2D eigenvalue weighted by atomic mass is 32.2. The van der Waals surface area contributed by atoms with Gasteiger partial charge in [-0.05, 0) is 49.1 Å². The van der Waals surface area contributed by atoms with Gasteiger partial charge in [-0.25, -0.2) is 8.42 Å². The number of hydrogen-bond acceptors (Lipinski definition) is 3. The molecule has 0 aromatic heterocycles. The Morgan fingerprint density at radius 2 is 1.59 bits per heavy atom. The predicted octanol–water partition coefficient (Wildman–Crippen LogP) is 2.63. The molecule has 0 unspecified atom stereocenters. The van der Waals surface area contributed by atoms with E-state index < -0.39 is 10.0 Å². The van der Waals surface area contributed by atoms with Gasteiger partial charge in [-0.2, -0.15) is 4.31 Å². The van der Waals surface area contributed by atoms with E-state index in [1.807, 2.05) is 62.4 Å². The molecule has 0 atom stereocenters. The fourth-order valence-corrected chi connectivity index (χ4v) is 4.72. The summed E-state index contributed by atoms with van der Waals surface area (Å²) in [5.41, 5.74) is 3.92. The molecule has 1 heterocycles. The fraction of sp³-hybridized carbons (Fsp3) is 0.381. The second-order valence-corrected chi connectivity index (χ2v) is 9.13. The number of hydrogen-bond donors (Lipinski definition) is 0. The number of rotatable bonds is 5. The van der Waals surface area contributed by atoms with Crippen LogP contribution in [-0.4, -0.2) is 55.5 Å². The minimum atomic E-state index is -3.31. The SMILES string of the molecule is Cc1ccc(C(=O)N2CCN(S(=O)(=O)CCc3ccccc3)CC2)cc1C. The van der Waals surface area contributed by atoms with Gasteiger partial charge < -0.3 is 4.90 Å². The minimum absolute atomic E-state index is 0.0283. The normalized spacial score (nSPS) is 15.7. The quantitative estimate of drug-likeness (QED) is 0.794. The Bertz CT molecular complexity index is 902. The zero-order valence-electron chi connectivity index (χ0n) is 15.9. The van der Waals surface area contributed by atoms with Crippen molar-refractivity contribution in [2.24, 2.45) is 0 Å². The maximum absolute atomic E-state index is 12.7. The number of benzene rings is 2. The van der Waals surface area contributed by atoms with Crippen molar-refractivity contribution in [1.82, 2.24) is 9.21 Å². The topological polar surface area (TPSA) is 57.7 Å². The Morgan fingerprint density at radius 3 is 2.22 bits per heavy atom. The van der Waals surface area contributed by atoms with E-state index in [2.05, 4.69) is 0 Å². The van der Waals surface area contributed by atoms with Crippen LogP contribution < -0.4 is 0 Å². The van der Waals surface area contributed by atoms with Gasteiger partial charge in [-0.3, -0.25) is 4.79 Å². The second kappa shape index (κ2) is 8.23. The summed E-state index contributed by atoms with van der Waals surface area (Å²) < 4.78 is 26.7. The van der Waals surface area contributed by atoms with Crippen LogP contribution >= 0.6 is 0 Å². The molecular formula is C21H26N2O3S. The number of carbonyl (C=O) groups excluding carboxylic acids is 1. The monoisotopic (exact) mass is 386 g/mol. The highest BCUT2D eigenvalue weighted by Crippen LogP contribution is 2.15. The summed E-state index contributed by atoms with van der Waals surface area (Å²) in [7, 11) is -3.31. The van der Waals surface area contributed by atoms with Gasteiger partial charge in [0.05, 0.1) is 5.75 Å². The molecule has 27 heavy (non-hydrogen) atoms. The summed E-state index contributed by atoms with van der Waals surface area (Å²) in [6, 6.07) is 15.3. The minimum Gasteiger partial charge on any atom is -0.336 e. The summed E-state index contributed by atoms with van der Waals surface area (Å²) in [6.45, 7) is 5.57. The van der Waals surface area contributed by atoms with Crippen molar-refractivity contribution >= 4 is 15.9 Å². The predicted molar refractivity (Wildman–Crippen MR) is 107 cm³/mol. The number of carbonyl (C=O) groups is 1. The van der Waals surface area contributed by atoms with E-state index >= 15 is 0 Å². The number of nitrogens with zero attached hydrogens (tertiary/aromatic N) is 2. The lowest BCUT2D eigenvalue weighted by molar-refractivity contribution is 0.0698. The van der Waals surface area contributed by atoms with E-state index in [1.165, 1.54) is 4.31 Å². The van der Waals surface area contributed by atoms with Crippen LogP contribution in [0.25, 0.3) is 0 Å². The van der Waals surface area contributed by atoms with E-state index in [9.17, 15) is 13.2 Å². The van der Waals surface area contributed by atoms with Crippen LogP contribution in [0.2, 0.25) is 0 Å². The number of aryl methyl sites for hydroxylation is 3. The summed E-state index contributed by atoms with van der Waals surface area (Å²) in [5.74, 6) is 0.0710. The summed E-state index contributed by atoms with van der Waals surface area (Å²) >= 11 is 0. The molecule has 144 valence electrons. The highest BCUT2D eigenvalue weighted by Gasteiger charge is 2.29. The first kappa shape index (κ1) is 19.6. The molecule has 0 N–H and O–H groups in total. The van der Waals surface area contributed by atoms with Gasteiger partial charge in [0.15, 0.2) is 0 Å². The molecule has 2 aromatic rings. The second-order valence-electron chi connectivity index (χ2n) is 7.04. The smallest absolute Gasteiger partial charge is 0.253 e. The van der Waals surface area contributed by atoms with Crippen LogP contribution in [0.4, 0.5) is 0 Å². The van der Waals surface area contributed by atoms with E-state index in [0.717, 1.165) is 16.7 Å². The van der Waals surface area contributed by atoms with Crippen molar-refractivity contribution in [3.63, 3.8) is 0 Å². The maximum Gasteiger partial charge on any atom is 0.253 e. The fourth-order valence-electron chi connectivity index (χ4n) is 3.25. The first-order chi connectivity index (χ1) is 12.9. The molecule has 0 aliphatic carbocycles. The molecule has 0 spiro atoms. The van der Waals surface area contributed by atoms with E-state index in [4.69, 9.17) is 0 Å². The van der Waals surface area contributed by atoms with Crippen LogP contribution in [0, 0.1) is 13.8 Å². The average molecular weight is 387 g/mol. The lowest BCUT2D eigenvalue weighted by atomic mass is 10.1. The lowest BCUT2D eigenvalue weighted by Crippen LogP contribution is -2.51. The van der Waals surface area contributed by atoms with Crippen molar-refractivity contribution in [3.05, 3.63) is 70.8 Å². The Balaban J connectivity index is 1.57. The molecule has 1 aliphatic heterocycles. The van der Waals surface area contributed by atoms with Gasteiger partial charge >= 0.3 is 0 Å². The Labute approximate surface area is 161 Å². The van der Waals surface area contributed by atoms with Crippen molar-refractivity contribution in [2.75, 3.05) is 31.9 Å². The van der Waals surface area contributed by atoms with Crippen molar-refractivity contribution in [1.29, 1.82) is 0 Å². The van der Waals surface area contributed by atoms with Crippen molar-refractivity contribution in [3.8, 4) is 0 Å². The third-order valence-electron chi connectivity index (χ3n) is 5.16. The van der Waals surface area contributed by atoms with Gasteiger partial charge in [-0.1, -0.05) is 36.4 Å². The van der Waals surface area contributed by atoms with E-state index in [1.54, 1.807) is 4.90 Å². The summed E-state index contributed by atoms with van der Waals surface area (Å²) in [5, 5.41) is 0.